The first-order valence-electron chi connectivity index (χ1n) is 8.72. The summed E-state index contributed by atoms with van der Waals surface area (Å²) < 4.78 is 31.3. The van der Waals surface area contributed by atoms with Gasteiger partial charge in [0.05, 0.1) is 19.1 Å². The highest BCUT2D eigenvalue weighted by atomic mass is 35.5. The molecule has 0 bridgehead atoms. The third kappa shape index (κ3) is 6.88. The Balaban J connectivity index is 3.27. The van der Waals surface area contributed by atoms with Gasteiger partial charge in [0.1, 0.15) is 11.8 Å². The van der Waals surface area contributed by atoms with Gasteiger partial charge in [-0.1, -0.05) is 32.4 Å². The minimum Gasteiger partial charge on any atom is -0.495 e. The van der Waals surface area contributed by atoms with Gasteiger partial charge in [0.15, 0.2) is 0 Å². The first-order chi connectivity index (χ1) is 12.1. The normalized spacial score (nSPS) is 13.8. The van der Waals surface area contributed by atoms with Crippen molar-refractivity contribution in [3.8, 4) is 5.75 Å². The number of sulfonamides is 1. The van der Waals surface area contributed by atoms with Gasteiger partial charge in [-0.15, -0.1) is 0 Å². The molecule has 1 atom stereocenters. The fraction of sp³-hybridized carbons (Fsp3) is 0.632. The van der Waals surface area contributed by atoms with E-state index in [9.17, 15) is 13.2 Å². The van der Waals surface area contributed by atoms with Crippen molar-refractivity contribution in [2.75, 3.05) is 17.7 Å². The van der Waals surface area contributed by atoms with Crippen LogP contribution in [0.3, 0.4) is 0 Å². The molecule has 0 aliphatic heterocycles. The Morgan fingerprint density at radius 1 is 1.26 bits per heavy atom. The summed E-state index contributed by atoms with van der Waals surface area (Å²) in [4.78, 5) is 12.9. The summed E-state index contributed by atoms with van der Waals surface area (Å²) in [6, 6.07) is 3.67. The molecule has 0 saturated heterocycles. The summed E-state index contributed by atoms with van der Waals surface area (Å²) in [7, 11) is -2.33. The molecule has 1 unspecified atom stereocenters. The van der Waals surface area contributed by atoms with Crippen molar-refractivity contribution in [1.29, 1.82) is 0 Å². The fourth-order valence-electron chi connectivity index (χ4n) is 3.42. The second-order valence-electron chi connectivity index (χ2n) is 8.66. The Kier molecular flexibility index (Phi) is 7.22. The van der Waals surface area contributed by atoms with Gasteiger partial charge in [-0.05, 0) is 50.8 Å². The molecule has 0 aliphatic rings. The van der Waals surface area contributed by atoms with Crippen molar-refractivity contribution in [1.82, 2.24) is 5.32 Å². The molecule has 0 aliphatic carbocycles. The quantitative estimate of drug-likeness (QED) is 0.729. The number of hydrogen-bond donors (Lipinski definition) is 1. The van der Waals surface area contributed by atoms with Gasteiger partial charge in [0.25, 0.3) is 0 Å². The van der Waals surface area contributed by atoms with Crippen LogP contribution in [0.1, 0.15) is 48.0 Å². The first-order valence-corrected chi connectivity index (χ1v) is 10.9. The molecule has 1 aromatic carbocycles. The van der Waals surface area contributed by atoms with E-state index < -0.39 is 27.5 Å². The van der Waals surface area contributed by atoms with Crippen LogP contribution >= 0.6 is 11.6 Å². The lowest BCUT2D eigenvalue weighted by molar-refractivity contribution is -0.123. The SMILES string of the molecule is COc1ccc(Cl)cc1N(C(C)C(=O)NC(C)(C)CC(C)(C)C)S(C)(=O)=O. The zero-order valence-electron chi connectivity index (χ0n) is 17.4. The summed E-state index contributed by atoms with van der Waals surface area (Å²) in [5, 5.41) is 3.32. The number of hydrogen-bond acceptors (Lipinski definition) is 4. The molecule has 0 spiro atoms. The molecule has 1 amide bonds. The number of rotatable bonds is 7. The topological polar surface area (TPSA) is 75.7 Å². The van der Waals surface area contributed by atoms with Crippen molar-refractivity contribution in [2.24, 2.45) is 5.41 Å². The Labute approximate surface area is 168 Å². The van der Waals surface area contributed by atoms with E-state index >= 15 is 0 Å². The molecular weight excluding hydrogens is 388 g/mol. The second-order valence-corrected chi connectivity index (χ2v) is 11.0. The predicted molar refractivity (Wildman–Crippen MR) is 111 cm³/mol. The number of nitrogens with one attached hydrogen (secondary N) is 1. The van der Waals surface area contributed by atoms with Crippen molar-refractivity contribution >= 4 is 33.2 Å². The summed E-state index contributed by atoms with van der Waals surface area (Å²) in [6.45, 7) is 11.7. The lowest BCUT2D eigenvalue weighted by atomic mass is 9.81. The summed E-state index contributed by atoms with van der Waals surface area (Å²) in [5.74, 6) is -0.0740. The van der Waals surface area contributed by atoms with Gasteiger partial charge in [-0.2, -0.15) is 0 Å². The molecule has 1 rings (SSSR count). The number of nitrogens with zero attached hydrogens (tertiary/aromatic N) is 1. The number of carbonyl (C=O) groups is 1. The molecule has 8 heteroatoms. The monoisotopic (exact) mass is 418 g/mol. The first kappa shape index (κ1) is 23.6. The van der Waals surface area contributed by atoms with E-state index in [1.54, 1.807) is 19.1 Å². The predicted octanol–water partition coefficient (Wildman–Crippen LogP) is 3.83. The summed E-state index contributed by atoms with van der Waals surface area (Å²) in [6.07, 6.45) is 1.79. The van der Waals surface area contributed by atoms with Gasteiger partial charge in [0.2, 0.25) is 15.9 Å². The van der Waals surface area contributed by atoms with E-state index in [4.69, 9.17) is 16.3 Å². The maximum atomic E-state index is 12.9. The number of anilines is 1. The molecule has 0 heterocycles. The number of benzene rings is 1. The molecule has 0 fully saturated rings. The Morgan fingerprint density at radius 3 is 2.26 bits per heavy atom. The highest BCUT2D eigenvalue weighted by molar-refractivity contribution is 7.92. The summed E-state index contributed by atoms with van der Waals surface area (Å²) in [5.41, 5.74) is -0.262. The smallest absolute Gasteiger partial charge is 0.244 e. The van der Waals surface area contributed by atoms with E-state index in [0.29, 0.717) is 10.8 Å². The van der Waals surface area contributed by atoms with E-state index in [1.165, 1.54) is 13.2 Å². The number of halogens is 1. The number of carbonyl (C=O) groups excluding carboxylic acids is 1. The highest BCUT2D eigenvalue weighted by Crippen LogP contribution is 2.34. The van der Waals surface area contributed by atoms with Gasteiger partial charge in [0, 0.05) is 10.6 Å². The van der Waals surface area contributed by atoms with E-state index in [0.717, 1.165) is 17.0 Å². The average molecular weight is 419 g/mol. The van der Waals surface area contributed by atoms with E-state index in [1.807, 2.05) is 13.8 Å². The number of amides is 1. The Hall–Kier alpha value is -1.47. The lowest BCUT2D eigenvalue weighted by Gasteiger charge is -2.36. The van der Waals surface area contributed by atoms with Crippen LogP contribution in [0, 0.1) is 5.41 Å². The zero-order chi connectivity index (χ0) is 21.2. The number of methoxy groups -OCH3 is 1. The molecule has 27 heavy (non-hydrogen) atoms. The van der Waals surface area contributed by atoms with E-state index in [-0.39, 0.29) is 11.1 Å². The van der Waals surface area contributed by atoms with Crippen LogP contribution in [0.15, 0.2) is 18.2 Å². The van der Waals surface area contributed by atoms with Gasteiger partial charge in [-0.3, -0.25) is 9.10 Å². The van der Waals surface area contributed by atoms with Crippen molar-refractivity contribution in [2.45, 2.75) is 59.5 Å². The largest absolute Gasteiger partial charge is 0.495 e. The van der Waals surface area contributed by atoms with Gasteiger partial charge >= 0.3 is 0 Å². The fourth-order valence-corrected chi connectivity index (χ4v) is 4.76. The molecule has 1 N–H and O–H groups in total. The molecule has 0 saturated carbocycles. The van der Waals surface area contributed by atoms with Crippen LogP contribution in [0.25, 0.3) is 0 Å². The van der Waals surface area contributed by atoms with Crippen LogP contribution in [-0.2, 0) is 14.8 Å². The number of ether oxygens (including phenoxy) is 1. The Morgan fingerprint density at radius 2 is 1.81 bits per heavy atom. The molecule has 1 aromatic rings. The average Bonchev–Trinajstić information content (AvgIpc) is 2.42. The molecule has 154 valence electrons. The maximum absolute atomic E-state index is 12.9. The minimum atomic E-state index is -3.77. The van der Waals surface area contributed by atoms with Crippen LogP contribution in [0.4, 0.5) is 5.69 Å². The molecule has 0 radical (unpaired) electrons. The zero-order valence-corrected chi connectivity index (χ0v) is 19.0. The third-order valence-electron chi connectivity index (χ3n) is 3.90. The lowest BCUT2D eigenvalue weighted by Crippen LogP contribution is -2.54. The molecule has 6 nitrogen and oxygen atoms in total. The minimum absolute atomic E-state index is 0.00666. The second kappa shape index (κ2) is 8.27. The van der Waals surface area contributed by atoms with Crippen molar-refractivity contribution in [3.63, 3.8) is 0 Å². The van der Waals surface area contributed by atoms with Crippen LogP contribution in [0.5, 0.6) is 5.75 Å². The third-order valence-corrected chi connectivity index (χ3v) is 5.36. The Bertz CT molecular complexity index is 785. The van der Waals surface area contributed by atoms with Crippen molar-refractivity contribution < 1.29 is 17.9 Å². The van der Waals surface area contributed by atoms with Gasteiger partial charge < -0.3 is 10.1 Å². The standard InChI is InChI=1S/C19H31ClN2O4S/c1-13(17(23)21-19(5,6)12-18(2,3)4)22(27(8,24)25)15-11-14(20)9-10-16(15)26-7/h9-11,13H,12H2,1-8H3,(H,21,23). The van der Waals surface area contributed by atoms with Crippen LogP contribution < -0.4 is 14.4 Å². The summed E-state index contributed by atoms with van der Waals surface area (Å²) >= 11 is 6.05. The maximum Gasteiger partial charge on any atom is 0.244 e. The van der Waals surface area contributed by atoms with Crippen LogP contribution in [0.2, 0.25) is 5.02 Å². The van der Waals surface area contributed by atoms with Crippen molar-refractivity contribution in [3.05, 3.63) is 23.2 Å². The van der Waals surface area contributed by atoms with E-state index in [2.05, 4.69) is 26.1 Å². The van der Waals surface area contributed by atoms with Crippen LogP contribution in [-0.4, -0.2) is 39.3 Å². The molecule has 0 aromatic heterocycles. The molecular formula is C19H31ClN2O4S. The van der Waals surface area contributed by atoms with Gasteiger partial charge in [-0.25, -0.2) is 8.42 Å². The highest BCUT2D eigenvalue weighted by Gasteiger charge is 2.35.